The van der Waals surface area contributed by atoms with E-state index in [1.807, 2.05) is 0 Å². The Balaban J connectivity index is 2.63. The Morgan fingerprint density at radius 1 is 0.947 bits per heavy atom. The number of nitrogens with one attached hydrogen (secondary N) is 1. The van der Waals surface area contributed by atoms with Gasteiger partial charge in [-0.25, -0.2) is 9.59 Å². The molecular formula is C13H20N2O4. The van der Waals surface area contributed by atoms with Gasteiger partial charge in [0.15, 0.2) is 0 Å². The average molecular weight is 268 g/mol. The summed E-state index contributed by atoms with van der Waals surface area (Å²) in [5.41, 5.74) is -0.00293. The molecule has 0 atom stereocenters. The van der Waals surface area contributed by atoms with Crippen LogP contribution >= 0.6 is 0 Å². The monoisotopic (exact) mass is 268 g/mol. The van der Waals surface area contributed by atoms with Crippen molar-refractivity contribution in [3.63, 3.8) is 0 Å². The Labute approximate surface area is 112 Å². The fraction of sp³-hybridized carbons (Fsp3) is 0.615. The molecule has 1 fully saturated rings. The van der Waals surface area contributed by atoms with Crippen LogP contribution in [0.5, 0.6) is 0 Å². The molecule has 0 bridgehead atoms. The van der Waals surface area contributed by atoms with E-state index in [-0.39, 0.29) is 11.1 Å². The molecule has 0 radical (unpaired) electrons. The molecule has 0 spiro atoms. The second-order valence-electron chi connectivity index (χ2n) is 4.72. The summed E-state index contributed by atoms with van der Waals surface area (Å²) in [4.78, 5) is 36.0. The summed E-state index contributed by atoms with van der Waals surface area (Å²) in [7, 11) is 0. The lowest BCUT2D eigenvalue weighted by molar-refractivity contribution is -0.133. The number of hydrogen-bond donors (Lipinski definition) is 2. The van der Waals surface area contributed by atoms with Gasteiger partial charge in [0.2, 0.25) is 0 Å². The Kier molecular flexibility index (Phi) is 5.54. The van der Waals surface area contributed by atoms with Crippen molar-refractivity contribution in [2.75, 3.05) is 13.1 Å². The molecule has 6 heteroatoms. The van der Waals surface area contributed by atoms with Crippen molar-refractivity contribution in [2.45, 2.75) is 39.5 Å². The predicted molar refractivity (Wildman–Crippen MR) is 69.6 cm³/mol. The van der Waals surface area contributed by atoms with Gasteiger partial charge in [-0.3, -0.25) is 10.1 Å². The van der Waals surface area contributed by atoms with Gasteiger partial charge in [0, 0.05) is 24.2 Å². The lowest BCUT2D eigenvalue weighted by atomic mass is 10.1. The number of likely N-dealkylation sites (tertiary alicyclic amines) is 1. The van der Waals surface area contributed by atoms with Crippen LogP contribution in [0.4, 0.5) is 4.79 Å². The highest BCUT2D eigenvalue weighted by Crippen LogP contribution is 2.10. The molecule has 1 saturated heterocycles. The van der Waals surface area contributed by atoms with Crippen LogP contribution in [-0.2, 0) is 9.59 Å². The number of urea groups is 1. The minimum Gasteiger partial charge on any atom is -0.478 e. The smallest absolute Gasteiger partial charge is 0.331 e. The van der Waals surface area contributed by atoms with Gasteiger partial charge < -0.3 is 10.0 Å². The van der Waals surface area contributed by atoms with Crippen LogP contribution in [0, 0.1) is 0 Å². The zero-order valence-electron chi connectivity index (χ0n) is 11.4. The van der Waals surface area contributed by atoms with E-state index >= 15 is 0 Å². The fourth-order valence-electron chi connectivity index (χ4n) is 1.87. The van der Waals surface area contributed by atoms with Crippen molar-refractivity contribution in [1.29, 1.82) is 0 Å². The highest BCUT2D eigenvalue weighted by Gasteiger charge is 2.20. The molecule has 1 heterocycles. The average Bonchev–Trinajstić information content (AvgIpc) is 2.65. The van der Waals surface area contributed by atoms with Crippen LogP contribution in [0.25, 0.3) is 0 Å². The number of hydrogen-bond acceptors (Lipinski definition) is 3. The first-order chi connectivity index (χ1) is 8.93. The molecule has 0 saturated carbocycles. The lowest BCUT2D eigenvalue weighted by Gasteiger charge is -2.20. The number of carboxylic acid groups (broad SMARTS) is 1. The summed E-state index contributed by atoms with van der Waals surface area (Å²) in [5, 5.41) is 11.0. The molecule has 1 aliphatic rings. The van der Waals surface area contributed by atoms with Crippen molar-refractivity contribution in [3.8, 4) is 0 Å². The molecule has 0 aromatic carbocycles. The SMILES string of the molecule is C/C(C(=O)O)=C(\C)C(=O)NC(=O)N1CCCCCC1. The second kappa shape index (κ2) is 6.92. The van der Waals surface area contributed by atoms with Gasteiger partial charge in [-0.15, -0.1) is 0 Å². The molecule has 2 N–H and O–H groups in total. The Morgan fingerprint density at radius 3 is 1.95 bits per heavy atom. The van der Waals surface area contributed by atoms with E-state index < -0.39 is 17.9 Å². The first-order valence-electron chi connectivity index (χ1n) is 6.44. The van der Waals surface area contributed by atoms with Crippen molar-refractivity contribution in [2.24, 2.45) is 0 Å². The van der Waals surface area contributed by atoms with Gasteiger partial charge in [0.1, 0.15) is 0 Å². The number of imide groups is 1. The van der Waals surface area contributed by atoms with Crippen LogP contribution in [0.3, 0.4) is 0 Å². The molecule has 3 amide bonds. The van der Waals surface area contributed by atoms with E-state index in [1.54, 1.807) is 4.90 Å². The predicted octanol–water partition coefficient (Wildman–Crippen LogP) is 1.52. The number of carbonyl (C=O) groups excluding carboxylic acids is 2. The summed E-state index contributed by atoms with van der Waals surface area (Å²) in [6.07, 6.45) is 4.05. The molecule has 0 unspecified atom stereocenters. The Bertz CT molecular complexity index is 407. The maximum atomic E-state index is 11.9. The highest BCUT2D eigenvalue weighted by atomic mass is 16.4. The Hall–Kier alpha value is -1.85. The van der Waals surface area contributed by atoms with Crippen molar-refractivity contribution < 1.29 is 19.5 Å². The fourth-order valence-corrected chi connectivity index (χ4v) is 1.87. The van der Waals surface area contributed by atoms with Gasteiger partial charge in [0.05, 0.1) is 0 Å². The molecule has 6 nitrogen and oxygen atoms in total. The van der Waals surface area contributed by atoms with Gasteiger partial charge in [-0.05, 0) is 26.7 Å². The van der Waals surface area contributed by atoms with Gasteiger partial charge in [-0.1, -0.05) is 12.8 Å². The molecule has 106 valence electrons. The normalized spacial score (nSPS) is 17.3. The molecule has 0 aromatic heterocycles. The molecule has 19 heavy (non-hydrogen) atoms. The van der Waals surface area contributed by atoms with E-state index in [4.69, 9.17) is 5.11 Å². The standard InChI is InChI=1S/C13H20N2O4/c1-9(10(2)12(17)18)11(16)14-13(19)15-7-5-3-4-6-8-15/h3-8H2,1-2H3,(H,17,18)(H,14,16,19)/b10-9-. The maximum Gasteiger partial charge on any atom is 0.331 e. The zero-order valence-corrected chi connectivity index (χ0v) is 11.4. The number of carbonyl (C=O) groups is 3. The summed E-state index contributed by atoms with van der Waals surface area (Å²) in [6, 6.07) is -0.440. The van der Waals surface area contributed by atoms with Crippen LogP contribution in [0.1, 0.15) is 39.5 Å². The van der Waals surface area contributed by atoms with Crippen molar-refractivity contribution in [3.05, 3.63) is 11.1 Å². The third-order valence-electron chi connectivity index (χ3n) is 3.34. The summed E-state index contributed by atoms with van der Waals surface area (Å²) in [6.45, 7) is 4.02. The topological polar surface area (TPSA) is 86.7 Å². The van der Waals surface area contributed by atoms with E-state index in [9.17, 15) is 14.4 Å². The van der Waals surface area contributed by atoms with E-state index in [2.05, 4.69) is 5.32 Å². The lowest BCUT2D eigenvalue weighted by Crippen LogP contribution is -2.43. The zero-order chi connectivity index (χ0) is 14.4. The third kappa shape index (κ3) is 4.39. The van der Waals surface area contributed by atoms with Gasteiger partial charge in [0.25, 0.3) is 5.91 Å². The maximum absolute atomic E-state index is 11.9. The van der Waals surface area contributed by atoms with Crippen molar-refractivity contribution >= 4 is 17.9 Å². The summed E-state index contributed by atoms with van der Waals surface area (Å²) in [5.74, 6) is -1.80. The molecule has 0 aromatic rings. The molecule has 0 aliphatic carbocycles. The third-order valence-corrected chi connectivity index (χ3v) is 3.34. The van der Waals surface area contributed by atoms with Gasteiger partial charge >= 0.3 is 12.0 Å². The highest BCUT2D eigenvalue weighted by molar-refractivity contribution is 6.07. The quantitative estimate of drug-likeness (QED) is 0.743. The summed E-state index contributed by atoms with van der Waals surface area (Å²) >= 11 is 0. The minimum absolute atomic E-state index is 0.0515. The largest absolute Gasteiger partial charge is 0.478 e. The van der Waals surface area contributed by atoms with Crippen molar-refractivity contribution in [1.82, 2.24) is 10.2 Å². The van der Waals surface area contributed by atoms with Crippen LogP contribution < -0.4 is 5.32 Å². The first-order valence-corrected chi connectivity index (χ1v) is 6.44. The molecular weight excluding hydrogens is 248 g/mol. The number of aliphatic carboxylic acids is 1. The number of amides is 3. The Morgan fingerprint density at radius 2 is 1.47 bits per heavy atom. The van der Waals surface area contributed by atoms with Crippen LogP contribution in [0.15, 0.2) is 11.1 Å². The second-order valence-corrected chi connectivity index (χ2v) is 4.72. The van der Waals surface area contributed by atoms with Crippen LogP contribution in [-0.4, -0.2) is 41.0 Å². The minimum atomic E-state index is -1.16. The number of rotatable bonds is 2. The molecule has 1 rings (SSSR count). The number of nitrogens with zero attached hydrogens (tertiary/aromatic N) is 1. The van der Waals surface area contributed by atoms with E-state index in [0.29, 0.717) is 13.1 Å². The van der Waals surface area contributed by atoms with E-state index in [1.165, 1.54) is 13.8 Å². The molecule has 1 aliphatic heterocycles. The van der Waals surface area contributed by atoms with Gasteiger partial charge in [-0.2, -0.15) is 0 Å². The first kappa shape index (κ1) is 15.2. The van der Waals surface area contributed by atoms with E-state index in [0.717, 1.165) is 25.7 Å². The number of carboxylic acids is 1. The van der Waals surface area contributed by atoms with Crippen LogP contribution in [0.2, 0.25) is 0 Å². The summed E-state index contributed by atoms with van der Waals surface area (Å²) < 4.78 is 0.